The molecule has 4 heteroatoms. The van der Waals surface area contributed by atoms with Crippen molar-refractivity contribution in [3.8, 4) is 0 Å². The molecule has 0 atom stereocenters. The third-order valence-electron chi connectivity index (χ3n) is 2.99. The topological polar surface area (TPSA) is 28.4 Å². The molecule has 0 aromatic carbocycles. The van der Waals surface area contributed by atoms with Crippen molar-refractivity contribution in [2.45, 2.75) is 26.9 Å². The fourth-order valence-corrected chi connectivity index (χ4v) is 2.84. The summed E-state index contributed by atoms with van der Waals surface area (Å²) in [6.07, 6.45) is 0. The largest absolute Gasteiger partial charge is 0.465 e. The smallest absolute Gasteiger partial charge is 0.118 e. The van der Waals surface area contributed by atoms with Gasteiger partial charge in [0.1, 0.15) is 11.5 Å². The maximum atomic E-state index is 5.57. The Morgan fingerprint density at radius 3 is 2.68 bits per heavy atom. The molecule has 0 aliphatic rings. The Labute approximate surface area is 119 Å². The highest BCUT2D eigenvalue weighted by Crippen LogP contribution is 2.14. The summed E-state index contributed by atoms with van der Waals surface area (Å²) < 4.78 is 5.57. The number of aryl methyl sites for hydroxylation is 2. The monoisotopic (exact) mass is 278 g/mol. The minimum Gasteiger partial charge on any atom is -0.465 e. The molecule has 1 N–H and O–H groups in total. The summed E-state index contributed by atoms with van der Waals surface area (Å²) in [6.45, 7) is 7.97. The Morgan fingerprint density at radius 2 is 2.05 bits per heavy atom. The minimum absolute atomic E-state index is 0.869. The maximum absolute atomic E-state index is 5.57. The van der Waals surface area contributed by atoms with E-state index in [1.165, 1.54) is 9.75 Å². The molecule has 2 aromatic rings. The van der Waals surface area contributed by atoms with Gasteiger partial charge in [0.2, 0.25) is 0 Å². The van der Waals surface area contributed by atoms with Crippen LogP contribution in [0.25, 0.3) is 0 Å². The van der Waals surface area contributed by atoms with Crippen LogP contribution in [0.2, 0.25) is 0 Å². The Bertz CT molecular complexity index is 504. The van der Waals surface area contributed by atoms with Gasteiger partial charge in [-0.15, -0.1) is 11.3 Å². The van der Waals surface area contributed by atoms with Gasteiger partial charge in [-0.05, 0) is 45.2 Å². The SMILES string of the molecule is Cc1ccc(CN(C)CCNCc2ccc(C)s2)o1. The molecule has 0 aliphatic heterocycles. The van der Waals surface area contributed by atoms with Crippen LogP contribution in [0.15, 0.2) is 28.7 Å². The van der Waals surface area contributed by atoms with E-state index in [1.807, 2.05) is 30.4 Å². The molecular weight excluding hydrogens is 256 g/mol. The first kappa shape index (κ1) is 14.3. The number of furan rings is 1. The molecule has 0 saturated heterocycles. The van der Waals surface area contributed by atoms with Crippen LogP contribution in [0.3, 0.4) is 0 Å². The van der Waals surface area contributed by atoms with Crippen LogP contribution in [-0.4, -0.2) is 25.0 Å². The van der Waals surface area contributed by atoms with Gasteiger partial charge in [0, 0.05) is 29.4 Å². The van der Waals surface area contributed by atoms with Gasteiger partial charge in [-0.2, -0.15) is 0 Å². The van der Waals surface area contributed by atoms with Crippen molar-refractivity contribution in [1.82, 2.24) is 10.2 Å². The van der Waals surface area contributed by atoms with Crippen LogP contribution in [-0.2, 0) is 13.1 Å². The number of likely N-dealkylation sites (N-methyl/N-ethyl adjacent to an activating group) is 1. The third kappa shape index (κ3) is 4.82. The van der Waals surface area contributed by atoms with Crippen molar-refractivity contribution in [3.63, 3.8) is 0 Å². The van der Waals surface area contributed by atoms with E-state index in [1.54, 1.807) is 0 Å². The molecule has 3 nitrogen and oxygen atoms in total. The maximum Gasteiger partial charge on any atom is 0.118 e. The molecule has 0 radical (unpaired) electrons. The van der Waals surface area contributed by atoms with Crippen LogP contribution in [0.4, 0.5) is 0 Å². The second kappa shape index (κ2) is 6.89. The van der Waals surface area contributed by atoms with Gasteiger partial charge in [0.25, 0.3) is 0 Å². The first-order chi connectivity index (χ1) is 9.13. The summed E-state index contributed by atoms with van der Waals surface area (Å²) >= 11 is 1.86. The van der Waals surface area contributed by atoms with Gasteiger partial charge in [0.05, 0.1) is 6.54 Å². The van der Waals surface area contributed by atoms with Crippen molar-refractivity contribution in [3.05, 3.63) is 45.5 Å². The van der Waals surface area contributed by atoms with E-state index in [0.29, 0.717) is 0 Å². The van der Waals surface area contributed by atoms with Gasteiger partial charge in [-0.1, -0.05) is 0 Å². The average molecular weight is 278 g/mol. The standard InChI is InChI=1S/C15H22N2OS/c1-12-4-6-14(18-12)11-17(3)9-8-16-10-15-7-5-13(2)19-15/h4-7,16H,8-11H2,1-3H3. The lowest BCUT2D eigenvalue weighted by molar-refractivity contribution is 0.291. The average Bonchev–Trinajstić information content (AvgIpc) is 2.94. The predicted molar refractivity (Wildman–Crippen MR) is 80.5 cm³/mol. The zero-order valence-corrected chi connectivity index (χ0v) is 12.7. The minimum atomic E-state index is 0.869. The molecule has 2 aromatic heterocycles. The summed E-state index contributed by atoms with van der Waals surface area (Å²) in [5, 5.41) is 3.48. The zero-order valence-electron chi connectivity index (χ0n) is 11.9. The number of hydrogen-bond donors (Lipinski definition) is 1. The van der Waals surface area contributed by atoms with E-state index in [2.05, 4.69) is 36.3 Å². The number of nitrogens with one attached hydrogen (secondary N) is 1. The predicted octanol–water partition coefficient (Wildman–Crippen LogP) is 3.18. The van der Waals surface area contributed by atoms with Gasteiger partial charge in [-0.3, -0.25) is 4.90 Å². The quantitative estimate of drug-likeness (QED) is 0.789. The van der Waals surface area contributed by atoms with E-state index in [9.17, 15) is 0 Å². The Hall–Kier alpha value is -1.10. The first-order valence-electron chi connectivity index (χ1n) is 6.63. The third-order valence-corrected chi connectivity index (χ3v) is 3.99. The van der Waals surface area contributed by atoms with Crippen molar-refractivity contribution >= 4 is 11.3 Å². The molecule has 104 valence electrons. The van der Waals surface area contributed by atoms with Crippen LogP contribution in [0.5, 0.6) is 0 Å². The molecule has 2 rings (SSSR count). The van der Waals surface area contributed by atoms with Gasteiger partial charge < -0.3 is 9.73 Å². The van der Waals surface area contributed by atoms with Crippen LogP contribution < -0.4 is 5.32 Å². The summed E-state index contributed by atoms with van der Waals surface area (Å²) in [6, 6.07) is 8.43. The molecule has 0 fully saturated rings. The highest BCUT2D eigenvalue weighted by Gasteiger charge is 2.03. The van der Waals surface area contributed by atoms with Crippen LogP contribution >= 0.6 is 11.3 Å². The molecule has 0 aliphatic carbocycles. The summed E-state index contributed by atoms with van der Waals surface area (Å²) in [5.74, 6) is 2.02. The van der Waals surface area contributed by atoms with Gasteiger partial charge >= 0.3 is 0 Å². The number of hydrogen-bond acceptors (Lipinski definition) is 4. The van der Waals surface area contributed by atoms with Gasteiger partial charge in [0.15, 0.2) is 0 Å². The van der Waals surface area contributed by atoms with Crippen molar-refractivity contribution < 1.29 is 4.42 Å². The molecule has 0 amide bonds. The summed E-state index contributed by atoms with van der Waals surface area (Å²) in [5.41, 5.74) is 0. The van der Waals surface area contributed by atoms with Crippen LogP contribution in [0, 0.1) is 13.8 Å². The van der Waals surface area contributed by atoms with E-state index >= 15 is 0 Å². The van der Waals surface area contributed by atoms with Crippen LogP contribution in [0.1, 0.15) is 21.3 Å². The number of nitrogens with zero attached hydrogens (tertiary/aromatic N) is 1. The Morgan fingerprint density at radius 1 is 1.21 bits per heavy atom. The molecule has 0 saturated carbocycles. The highest BCUT2D eigenvalue weighted by atomic mass is 32.1. The van der Waals surface area contributed by atoms with Crippen molar-refractivity contribution in [2.24, 2.45) is 0 Å². The van der Waals surface area contributed by atoms with E-state index in [4.69, 9.17) is 4.42 Å². The van der Waals surface area contributed by atoms with E-state index in [0.717, 1.165) is 37.7 Å². The van der Waals surface area contributed by atoms with Crippen molar-refractivity contribution in [2.75, 3.05) is 20.1 Å². The number of thiophene rings is 1. The zero-order chi connectivity index (χ0) is 13.7. The van der Waals surface area contributed by atoms with E-state index < -0.39 is 0 Å². The summed E-state index contributed by atoms with van der Waals surface area (Å²) in [7, 11) is 2.12. The molecule has 0 bridgehead atoms. The van der Waals surface area contributed by atoms with Crippen molar-refractivity contribution in [1.29, 1.82) is 0 Å². The summed E-state index contributed by atoms with van der Waals surface area (Å²) in [4.78, 5) is 5.05. The molecule has 0 spiro atoms. The van der Waals surface area contributed by atoms with E-state index in [-0.39, 0.29) is 0 Å². The second-order valence-corrected chi connectivity index (χ2v) is 6.31. The lowest BCUT2D eigenvalue weighted by Crippen LogP contribution is -2.28. The second-order valence-electron chi connectivity index (χ2n) is 4.94. The molecule has 0 unspecified atom stereocenters. The van der Waals surface area contributed by atoms with Gasteiger partial charge in [-0.25, -0.2) is 0 Å². The fourth-order valence-electron chi connectivity index (χ4n) is 1.98. The molecule has 2 heterocycles. The lowest BCUT2D eigenvalue weighted by Gasteiger charge is -2.15. The first-order valence-corrected chi connectivity index (χ1v) is 7.45. The Balaban J connectivity index is 1.62. The molecule has 19 heavy (non-hydrogen) atoms. The Kier molecular flexibility index (Phi) is 5.19. The molecular formula is C15H22N2OS. The highest BCUT2D eigenvalue weighted by molar-refractivity contribution is 7.11. The fraction of sp³-hybridized carbons (Fsp3) is 0.467. The number of rotatable bonds is 7. The lowest BCUT2D eigenvalue weighted by atomic mass is 10.4. The normalized spacial score (nSPS) is 11.4.